The number of carbonyl (C=O) groups excluding carboxylic acids is 2. The fourth-order valence-electron chi connectivity index (χ4n) is 3.25. The van der Waals surface area contributed by atoms with Gasteiger partial charge in [0.15, 0.2) is 0 Å². The summed E-state index contributed by atoms with van der Waals surface area (Å²) in [7, 11) is 1.62. The molecule has 31 heavy (non-hydrogen) atoms. The second-order valence-electron chi connectivity index (χ2n) is 8.62. The average molecular weight is 490 g/mol. The van der Waals surface area contributed by atoms with Gasteiger partial charge in [-0.05, 0) is 73.5 Å². The SMILES string of the molecule is COc1ccc(CN(C(=O)C2CN(C(=O)OC(C)(C)C)C2)c2ccc(C)nc2Br)cc1. The molecule has 0 radical (unpaired) electrons. The van der Waals surface area contributed by atoms with Gasteiger partial charge in [-0.15, -0.1) is 0 Å². The van der Waals surface area contributed by atoms with Crippen LogP contribution in [0.25, 0.3) is 0 Å². The third-order valence-corrected chi connectivity index (χ3v) is 5.49. The average Bonchev–Trinajstić information content (AvgIpc) is 2.64. The zero-order chi connectivity index (χ0) is 22.8. The third-order valence-electron chi connectivity index (χ3n) is 4.91. The van der Waals surface area contributed by atoms with Crippen LogP contribution in [0.1, 0.15) is 32.0 Å². The van der Waals surface area contributed by atoms with Gasteiger partial charge in [0.1, 0.15) is 16.0 Å². The molecule has 2 amide bonds. The highest BCUT2D eigenvalue weighted by atomic mass is 79.9. The van der Waals surface area contributed by atoms with Crippen LogP contribution in [0.2, 0.25) is 0 Å². The van der Waals surface area contributed by atoms with Crippen molar-refractivity contribution in [3.63, 3.8) is 0 Å². The van der Waals surface area contributed by atoms with Gasteiger partial charge in [-0.2, -0.15) is 0 Å². The number of likely N-dealkylation sites (tertiary alicyclic amines) is 1. The number of halogens is 1. The van der Waals surface area contributed by atoms with Gasteiger partial charge in [-0.1, -0.05) is 12.1 Å². The molecule has 0 spiro atoms. The minimum Gasteiger partial charge on any atom is -0.497 e. The van der Waals surface area contributed by atoms with E-state index >= 15 is 0 Å². The van der Waals surface area contributed by atoms with Crippen molar-refractivity contribution in [2.24, 2.45) is 5.92 Å². The summed E-state index contributed by atoms with van der Waals surface area (Å²) < 4.78 is 11.2. The molecule has 0 N–H and O–H groups in total. The number of ether oxygens (including phenoxy) is 2. The van der Waals surface area contributed by atoms with E-state index in [0.717, 1.165) is 17.0 Å². The van der Waals surface area contributed by atoms with Gasteiger partial charge in [0.25, 0.3) is 0 Å². The van der Waals surface area contributed by atoms with Crippen molar-refractivity contribution in [1.29, 1.82) is 0 Å². The number of anilines is 1. The molecule has 1 fully saturated rings. The molecule has 1 aliphatic heterocycles. The molecule has 1 saturated heterocycles. The molecule has 3 rings (SSSR count). The summed E-state index contributed by atoms with van der Waals surface area (Å²) in [5.41, 5.74) is 1.95. The first-order valence-corrected chi connectivity index (χ1v) is 10.9. The normalized spacial score (nSPS) is 14.1. The van der Waals surface area contributed by atoms with E-state index in [-0.39, 0.29) is 11.8 Å². The van der Waals surface area contributed by atoms with Crippen molar-refractivity contribution < 1.29 is 19.1 Å². The molecule has 0 bridgehead atoms. The van der Waals surface area contributed by atoms with Crippen molar-refractivity contribution in [3.8, 4) is 5.75 Å². The Kier molecular flexibility index (Phi) is 6.89. The molecule has 0 atom stereocenters. The monoisotopic (exact) mass is 489 g/mol. The Morgan fingerprint density at radius 2 is 1.81 bits per heavy atom. The number of aryl methyl sites for hydroxylation is 1. The molecule has 8 heteroatoms. The van der Waals surface area contributed by atoms with Crippen LogP contribution in [0, 0.1) is 12.8 Å². The fourth-order valence-corrected chi connectivity index (χ4v) is 3.87. The number of carbonyl (C=O) groups is 2. The van der Waals surface area contributed by atoms with Crippen molar-refractivity contribution in [2.45, 2.75) is 39.8 Å². The smallest absolute Gasteiger partial charge is 0.410 e. The van der Waals surface area contributed by atoms with Crippen LogP contribution in [-0.2, 0) is 16.1 Å². The zero-order valence-corrected chi connectivity index (χ0v) is 20.1. The fraction of sp³-hybridized carbons (Fsp3) is 0.435. The maximum atomic E-state index is 13.4. The summed E-state index contributed by atoms with van der Waals surface area (Å²) in [6.07, 6.45) is -0.392. The molecule has 2 aromatic rings. The Labute approximate surface area is 191 Å². The van der Waals surface area contributed by atoms with Gasteiger partial charge in [-0.25, -0.2) is 9.78 Å². The Balaban J connectivity index is 1.78. The predicted octanol–water partition coefficient (Wildman–Crippen LogP) is 4.56. The zero-order valence-electron chi connectivity index (χ0n) is 18.5. The van der Waals surface area contributed by atoms with E-state index in [1.807, 2.05) is 64.1 Å². The standard InChI is InChI=1S/C23H28BrN3O4/c1-15-6-11-19(20(24)25-15)27(12-16-7-9-18(30-5)10-8-16)21(28)17-13-26(14-17)22(29)31-23(2,3)4/h6-11,17H,12-14H2,1-5H3. The van der Waals surface area contributed by atoms with Gasteiger partial charge in [0.05, 0.1) is 25.3 Å². The summed E-state index contributed by atoms with van der Waals surface area (Å²) in [4.78, 5) is 33.4. The number of benzene rings is 1. The van der Waals surface area contributed by atoms with Crippen LogP contribution in [0.15, 0.2) is 41.0 Å². The molecule has 166 valence electrons. The number of hydrogen-bond donors (Lipinski definition) is 0. The molecule has 0 saturated carbocycles. The van der Waals surface area contributed by atoms with E-state index < -0.39 is 11.7 Å². The highest BCUT2D eigenvalue weighted by Crippen LogP contribution is 2.30. The highest BCUT2D eigenvalue weighted by Gasteiger charge is 2.40. The van der Waals surface area contributed by atoms with Crippen LogP contribution in [0.3, 0.4) is 0 Å². The molecular formula is C23H28BrN3O4. The summed E-state index contributed by atoms with van der Waals surface area (Å²) in [6.45, 7) is 8.43. The van der Waals surface area contributed by atoms with Crippen LogP contribution >= 0.6 is 15.9 Å². The Morgan fingerprint density at radius 3 is 2.35 bits per heavy atom. The van der Waals surface area contributed by atoms with Gasteiger partial charge in [0, 0.05) is 18.8 Å². The molecule has 2 heterocycles. The van der Waals surface area contributed by atoms with Crippen LogP contribution in [0.5, 0.6) is 5.75 Å². The van der Waals surface area contributed by atoms with Crippen molar-refractivity contribution >= 4 is 33.6 Å². The molecule has 7 nitrogen and oxygen atoms in total. The van der Waals surface area contributed by atoms with Crippen molar-refractivity contribution in [3.05, 3.63) is 52.3 Å². The van der Waals surface area contributed by atoms with Crippen molar-refractivity contribution in [1.82, 2.24) is 9.88 Å². The van der Waals surface area contributed by atoms with Gasteiger partial charge < -0.3 is 19.3 Å². The number of pyridine rings is 1. The van der Waals surface area contributed by atoms with E-state index in [1.54, 1.807) is 16.9 Å². The van der Waals surface area contributed by atoms with E-state index in [1.165, 1.54) is 0 Å². The molecular weight excluding hydrogens is 462 g/mol. The summed E-state index contributed by atoms with van der Waals surface area (Å²) in [5, 5.41) is 0. The lowest BCUT2D eigenvalue weighted by Crippen LogP contribution is -2.57. The largest absolute Gasteiger partial charge is 0.497 e. The van der Waals surface area contributed by atoms with E-state index in [2.05, 4.69) is 20.9 Å². The lowest BCUT2D eigenvalue weighted by Gasteiger charge is -2.41. The second kappa shape index (κ2) is 9.26. The number of rotatable bonds is 5. The molecule has 0 unspecified atom stereocenters. The molecule has 1 aromatic heterocycles. The second-order valence-corrected chi connectivity index (χ2v) is 9.37. The number of hydrogen-bond acceptors (Lipinski definition) is 5. The van der Waals surface area contributed by atoms with E-state index in [4.69, 9.17) is 9.47 Å². The number of amides is 2. The summed E-state index contributed by atoms with van der Waals surface area (Å²) in [5.74, 6) is 0.410. The molecule has 0 aliphatic carbocycles. The first kappa shape index (κ1) is 23.1. The van der Waals surface area contributed by atoms with E-state index in [9.17, 15) is 9.59 Å². The quantitative estimate of drug-likeness (QED) is 0.575. The number of nitrogens with zero attached hydrogens (tertiary/aromatic N) is 3. The van der Waals surface area contributed by atoms with Crippen LogP contribution in [0.4, 0.5) is 10.5 Å². The number of methoxy groups -OCH3 is 1. The maximum Gasteiger partial charge on any atom is 0.410 e. The Hall–Kier alpha value is -2.61. The first-order chi connectivity index (χ1) is 14.6. The lowest BCUT2D eigenvalue weighted by atomic mass is 9.98. The minimum absolute atomic E-state index is 0.0537. The first-order valence-electron chi connectivity index (χ1n) is 10.1. The van der Waals surface area contributed by atoms with Gasteiger partial charge >= 0.3 is 6.09 Å². The molecule has 1 aliphatic rings. The minimum atomic E-state index is -0.564. The lowest BCUT2D eigenvalue weighted by molar-refractivity contribution is -0.127. The van der Waals surface area contributed by atoms with Crippen LogP contribution < -0.4 is 9.64 Å². The summed E-state index contributed by atoms with van der Waals surface area (Å²) >= 11 is 3.50. The predicted molar refractivity (Wildman–Crippen MR) is 122 cm³/mol. The maximum absolute atomic E-state index is 13.4. The van der Waals surface area contributed by atoms with Gasteiger partial charge in [-0.3, -0.25) is 4.79 Å². The Morgan fingerprint density at radius 1 is 1.16 bits per heavy atom. The topological polar surface area (TPSA) is 72.0 Å². The van der Waals surface area contributed by atoms with Crippen LogP contribution in [-0.4, -0.2) is 47.7 Å². The van der Waals surface area contributed by atoms with Gasteiger partial charge in [0.2, 0.25) is 5.91 Å². The highest BCUT2D eigenvalue weighted by molar-refractivity contribution is 9.10. The van der Waals surface area contributed by atoms with E-state index in [0.29, 0.717) is 29.9 Å². The number of aromatic nitrogens is 1. The molecule has 1 aromatic carbocycles. The Bertz CT molecular complexity index is 950. The van der Waals surface area contributed by atoms with Crippen molar-refractivity contribution in [2.75, 3.05) is 25.1 Å². The summed E-state index contributed by atoms with van der Waals surface area (Å²) in [6, 6.07) is 11.4. The third kappa shape index (κ3) is 5.76.